The molecule has 0 aliphatic carbocycles. The van der Waals surface area contributed by atoms with Gasteiger partial charge in [-0.15, -0.1) is 0 Å². The van der Waals surface area contributed by atoms with E-state index in [0.29, 0.717) is 37.2 Å². The van der Waals surface area contributed by atoms with E-state index in [9.17, 15) is 28.4 Å². The number of amides is 5. The second kappa shape index (κ2) is 9.18. The zero-order valence-electron chi connectivity index (χ0n) is 19.7. The number of halogens is 1. The zero-order chi connectivity index (χ0) is 25.6. The van der Waals surface area contributed by atoms with Crippen LogP contribution in [0.15, 0.2) is 42.5 Å². The van der Waals surface area contributed by atoms with Crippen molar-refractivity contribution in [3.8, 4) is 0 Å². The summed E-state index contributed by atoms with van der Waals surface area (Å²) < 4.78 is 13.2. The van der Waals surface area contributed by atoms with E-state index in [1.807, 2.05) is 4.90 Å². The largest absolute Gasteiger partial charge is 0.371 e. The highest BCUT2D eigenvalue weighted by atomic mass is 19.1. The number of hydrogen-bond donors (Lipinski definition) is 1. The molecule has 9 nitrogen and oxygen atoms in total. The number of rotatable bonds is 4. The van der Waals surface area contributed by atoms with Crippen LogP contribution in [-0.2, 0) is 9.59 Å². The minimum absolute atomic E-state index is 0.0344. The summed E-state index contributed by atoms with van der Waals surface area (Å²) >= 11 is 0. The molecular formula is C26H25FN4O5. The van der Waals surface area contributed by atoms with Gasteiger partial charge in [-0.3, -0.25) is 34.2 Å². The van der Waals surface area contributed by atoms with Crippen LogP contribution in [0.4, 0.5) is 10.1 Å². The molecule has 5 amide bonds. The van der Waals surface area contributed by atoms with Crippen LogP contribution in [0.3, 0.4) is 0 Å². The van der Waals surface area contributed by atoms with Crippen LogP contribution in [0.1, 0.15) is 56.8 Å². The third-order valence-corrected chi connectivity index (χ3v) is 7.21. The Hall–Kier alpha value is -4.08. The first-order valence-electron chi connectivity index (χ1n) is 11.9. The highest BCUT2D eigenvalue weighted by molar-refractivity contribution is 6.25. The molecule has 2 aromatic rings. The summed E-state index contributed by atoms with van der Waals surface area (Å²) in [7, 11) is 1.73. The van der Waals surface area contributed by atoms with E-state index in [2.05, 4.69) is 5.32 Å². The lowest BCUT2D eigenvalue weighted by molar-refractivity contribution is -0.136. The zero-order valence-corrected chi connectivity index (χ0v) is 19.7. The molecule has 3 aliphatic rings. The second-order valence-corrected chi connectivity index (χ2v) is 9.29. The summed E-state index contributed by atoms with van der Waals surface area (Å²) in [5, 5.41) is 2.21. The molecule has 2 saturated heterocycles. The molecule has 36 heavy (non-hydrogen) atoms. The Balaban J connectivity index is 1.31. The number of benzene rings is 2. The molecule has 2 fully saturated rings. The lowest BCUT2D eigenvalue weighted by Gasteiger charge is -2.38. The van der Waals surface area contributed by atoms with Crippen molar-refractivity contribution in [1.82, 2.24) is 15.1 Å². The Kier molecular flexibility index (Phi) is 6.03. The molecule has 0 bridgehead atoms. The third kappa shape index (κ3) is 4.02. The molecule has 3 aliphatic heterocycles. The summed E-state index contributed by atoms with van der Waals surface area (Å²) in [5.41, 5.74) is 1.54. The molecule has 2 aromatic carbocycles. The van der Waals surface area contributed by atoms with Gasteiger partial charge in [0, 0.05) is 38.2 Å². The van der Waals surface area contributed by atoms with E-state index in [1.165, 1.54) is 24.3 Å². The Morgan fingerprint density at radius 2 is 1.67 bits per heavy atom. The van der Waals surface area contributed by atoms with Gasteiger partial charge >= 0.3 is 0 Å². The fourth-order valence-electron chi connectivity index (χ4n) is 5.22. The maximum atomic E-state index is 13.4. The van der Waals surface area contributed by atoms with Crippen molar-refractivity contribution in [3.05, 3.63) is 65.0 Å². The number of anilines is 1. The Morgan fingerprint density at radius 1 is 0.972 bits per heavy atom. The quantitative estimate of drug-likeness (QED) is 0.654. The van der Waals surface area contributed by atoms with Crippen molar-refractivity contribution >= 4 is 35.2 Å². The first kappa shape index (κ1) is 23.7. The van der Waals surface area contributed by atoms with Crippen molar-refractivity contribution in [3.63, 3.8) is 0 Å². The van der Waals surface area contributed by atoms with E-state index >= 15 is 0 Å². The molecule has 10 heteroatoms. The van der Waals surface area contributed by atoms with Gasteiger partial charge in [-0.25, -0.2) is 4.39 Å². The van der Waals surface area contributed by atoms with Gasteiger partial charge in [-0.1, -0.05) is 6.07 Å². The summed E-state index contributed by atoms with van der Waals surface area (Å²) in [4.78, 5) is 67.8. The van der Waals surface area contributed by atoms with Gasteiger partial charge in [0.2, 0.25) is 11.8 Å². The molecule has 1 atom stereocenters. The second-order valence-electron chi connectivity index (χ2n) is 9.29. The van der Waals surface area contributed by atoms with Crippen LogP contribution in [0.2, 0.25) is 0 Å². The van der Waals surface area contributed by atoms with Crippen LogP contribution in [0.5, 0.6) is 0 Å². The van der Waals surface area contributed by atoms with Gasteiger partial charge in [0.25, 0.3) is 17.7 Å². The topological polar surface area (TPSA) is 107 Å². The van der Waals surface area contributed by atoms with Crippen LogP contribution in [0.25, 0.3) is 0 Å². The smallest absolute Gasteiger partial charge is 0.264 e. The lowest BCUT2D eigenvalue weighted by Crippen LogP contribution is -2.54. The van der Waals surface area contributed by atoms with Gasteiger partial charge in [0.15, 0.2) is 0 Å². The fourth-order valence-corrected chi connectivity index (χ4v) is 5.22. The van der Waals surface area contributed by atoms with Gasteiger partial charge in [0.1, 0.15) is 11.9 Å². The summed E-state index contributed by atoms with van der Waals surface area (Å²) in [6.07, 6.45) is 1.46. The fraction of sp³-hybridized carbons (Fsp3) is 0.346. The van der Waals surface area contributed by atoms with E-state index in [-0.39, 0.29) is 35.9 Å². The van der Waals surface area contributed by atoms with Crippen LogP contribution >= 0.6 is 0 Å². The monoisotopic (exact) mass is 492 g/mol. The molecule has 3 heterocycles. The minimum Gasteiger partial charge on any atom is -0.371 e. The van der Waals surface area contributed by atoms with Crippen molar-refractivity contribution < 1.29 is 28.4 Å². The van der Waals surface area contributed by atoms with Gasteiger partial charge in [-0.2, -0.15) is 0 Å². The van der Waals surface area contributed by atoms with Gasteiger partial charge in [-0.05, 0) is 55.7 Å². The van der Waals surface area contributed by atoms with Crippen molar-refractivity contribution in [2.24, 2.45) is 0 Å². The van der Waals surface area contributed by atoms with E-state index < -0.39 is 35.5 Å². The number of hydrogen-bond acceptors (Lipinski definition) is 6. The molecule has 1 N–H and O–H groups in total. The molecule has 1 unspecified atom stereocenters. The highest BCUT2D eigenvalue weighted by Crippen LogP contribution is 2.35. The van der Waals surface area contributed by atoms with E-state index in [4.69, 9.17) is 0 Å². The average molecular weight is 493 g/mol. The molecule has 0 saturated carbocycles. The van der Waals surface area contributed by atoms with Crippen molar-refractivity contribution in [2.75, 3.05) is 25.0 Å². The number of piperidine rings is 2. The van der Waals surface area contributed by atoms with E-state index in [1.54, 1.807) is 30.1 Å². The number of nitrogens with zero attached hydrogens (tertiary/aromatic N) is 3. The van der Waals surface area contributed by atoms with Gasteiger partial charge in [0.05, 0.1) is 16.8 Å². The number of fused-ring (bicyclic) bond motifs is 1. The molecule has 0 aromatic heterocycles. The summed E-state index contributed by atoms with van der Waals surface area (Å²) in [6, 6.07) is 9.47. The summed E-state index contributed by atoms with van der Waals surface area (Å²) in [6.45, 7) is 1.12. The van der Waals surface area contributed by atoms with E-state index in [0.717, 1.165) is 4.90 Å². The Morgan fingerprint density at radius 3 is 2.33 bits per heavy atom. The maximum absolute atomic E-state index is 13.4. The first-order valence-corrected chi connectivity index (χ1v) is 11.9. The summed E-state index contributed by atoms with van der Waals surface area (Å²) in [5.74, 6) is -2.72. The minimum atomic E-state index is -1.01. The molecule has 5 rings (SSSR count). The van der Waals surface area contributed by atoms with Crippen molar-refractivity contribution in [1.29, 1.82) is 0 Å². The molecule has 0 spiro atoms. The maximum Gasteiger partial charge on any atom is 0.264 e. The highest BCUT2D eigenvalue weighted by Gasteiger charge is 2.46. The molecule has 186 valence electrons. The lowest BCUT2D eigenvalue weighted by atomic mass is 9.99. The number of nitrogens with one attached hydrogen (secondary N) is 1. The van der Waals surface area contributed by atoms with Crippen molar-refractivity contribution in [2.45, 2.75) is 37.8 Å². The predicted molar refractivity (Wildman–Crippen MR) is 127 cm³/mol. The van der Waals surface area contributed by atoms with Gasteiger partial charge < -0.3 is 9.80 Å². The Bertz CT molecular complexity index is 1270. The average Bonchev–Trinajstić information content (AvgIpc) is 3.14. The van der Waals surface area contributed by atoms with Crippen LogP contribution in [0, 0.1) is 5.82 Å². The SMILES string of the molecule is CN(C(=O)c1ccc(F)cc1)C1CCN(c2cccc3c2C(=O)N(C2CCC(=O)NC2=O)C3=O)CC1. The Labute approximate surface area is 206 Å². The number of imide groups is 2. The third-order valence-electron chi connectivity index (χ3n) is 7.21. The number of carbonyl (C=O) groups is 5. The predicted octanol–water partition coefficient (Wildman–Crippen LogP) is 1.97. The van der Waals surface area contributed by atoms with Crippen LogP contribution < -0.4 is 10.2 Å². The molecular weight excluding hydrogens is 467 g/mol. The first-order chi connectivity index (χ1) is 17.3. The molecule has 0 radical (unpaired) electrons. The van der Waals surface area contributed by atoms with Crippen LogP contribution in [-0.4, -0.2) is 71.6 Å². The normalized spacial score (nSPS) is 20.4. The number of carbonyl (C=O) groups excluding carboxylic acids is 5. The standard InChI is InChI=1S/C26H25FN4O5/c1-29(24(34)15-5-7-16(27)8-6-15)17-11-13-30(14-12-17)19-4-2-3-18-22(19)26(36)31(25(18)35)20-9-10-21(32)28-23(20)33/h2-8,17,20H,9-14H2,1H3,(H,28,32,33).